The van der Waals surface area contributed by atoms with Crippen molar-refractivity contribution in [3.05, 3.63) is 84.4 Å². The summed E-state index contributed by atoms with van der Waals surface area (Å²) >= 11 is 0. The van der Waals surface area contributed by atoms with Gasteiger partial charge in [0, 0.05) is 5.69 Å². The van der Waals surface area contributed by atoms with Gasteiger partial charge in [-0.3, -0.25) is 4.79 Å². The molecule has 0 saturated heterocycles. The average Bonchev–Trinajstić information content (AvgIpc) is 2.70. The number of anilines is 1. The Bertz CT molecular complexity index is 911. The molecule has 3 rings (SSSR count). The molecule has 1 amide bonds. The van der Waals surface area contributed by atoms with E-state index in [0.29, 0.717) is 17.0 Å². The first-order valence-corrected chi connectivity index (χ1v) is 8.29. The van der Waals surface area contributed by atoms with Crippen LogP contribution in [0.15, 0.2) is 78.9 Å². The van der Waals surface area contributed by atoms with Gasteiger partial charge in [-0.05, 0) is 54.4 Å². The Morgan fingerprint density at radius 3 is 2.15 bits per heavy atom. The van der Waals surface area contributed by atoms with Gasteiger partial charge in [-0.1, -0.05) is 42.5 Å². The molecule has 0 spiro atoms. The number of benzene rings is 3. The van der Waals surface area contributed by atoms with Crippen LogP contribution in [0.5, 0.6) is 5.75 Å². The highest BCUT2D eigenvalue weighted by Crippen LogP contribution is 2.22. The van der Waals surface area contributed by atoms with Crippen molar-refractivity contribution in [2.75, 3.05) is 5.32 Å². The maximum Gasteiger partial charge on any atom is 0.265 e. The lowest BCUT2D eigenvalue weighted by Gasteiger charge is -2.15. The molecule has 1 atom stereocenters. The Labute approximate surface area is 152 Å². The third kappa shape index (κ3) is 4.28. The lowest BCUT2D eigenvalue weighted by molar-refractivity contribution is -0.122. The SMILES string of the molecule is CC(Oc1ccc(-c2ccccc2)cc1)C(=O)Nc1ccc(C#N)cc1. The predicted octanol–water partition coefficient (Wildman–Crippen LogP) is 4.63. The van der Waals surface area contributed by atoms with Crippen LogP contribution in [0, 0.1) is 11.3 Å². The van der Waals surface area contributed by atoms with Gasteiger partial charge in [0.15, 0.2) is 6.10 Å². The van der Waals surface area contributed by atoms with Crippen molar-refractivity contribution in [3.63, 3.8) is 0 Å². The minimum atomic E-state index is -0.645. The summed E-state index contributed by atoms with van der Waals surface area (Å²) in [7, 11) is 0. The third-order valence-electron chi connectivity index (χ3n) is 3.93. The van der Waals surface area contributed by atoms with Gasteiger partial charge in [0.25, 0.3) is 5.91 Å². The summed E-state index contributed by atoms with van der Waals surface area (Å²) in [6, 6.07) is 26.4. The van der Waals surface area contributed by atoms with Gasteiger partial charge in [-0.15, -0.1) is 0 Å². The molecule has 0 heterocycles. The summed E-state index contributed by atoms with van der Waals surface area (Å²) in [5, 5.41) is 11.6. The topological polar surface area (TPSA) is 62.1 Å². The molecule has 0 aromatic heterocycles. The monoisotopic (exact) mass is 342 g/mol. The molecular formula is C22H18N2O2. The molecule has 26 heavy (non-hydrogen) atoms. The number of nitrogens with one attached hydrogen (secondary N) is 1. The van der Waals surface area contributed by atoms with E-state index in [-0.39, 0.29) is 5.91 Å². The van der Waals surface area contributed by atoms with Crippen LogP contribution in [-0.4, -0.2) is 12.0 Å². The van der Waals surface area contributed by atoms with Gasteiger partial charge >= 0.3 is 0 Å². The number of carbonyl (C=O) groups excluding carboxylic acids is 1. The Hall–Kier alpha value is -3.58. The molecule has 0 aliphatic carbocycles. The van der Waals surface area contributed by atoms with Crippen molar-refractivity contribution >= 4 is 11.6 Å². The number of hydrogen-bond acceptors (Lipinski definition) is 3. The van der Waals surface area contributed by atoms with Gasteiger partial charge in [-0.2, -0.15) is 5.26 Å². The fourth-order valence-corrected chi connectivity index (χ4v) is 2.49. The molecule has 0 saturated carbocycles. The lowest BCUT2D eigenvalue weighted by Crippen LogP contribution is -2.30. The van der Waals surface area contributed by atoms with Gasteiger partial charge in [-0.25, -0.2) is 0 Å². The van der Waals surface area contributed by atoms with E-state index in [1.807, 2.05) is 60.7 Å². The van der Waals surface area contributed by atoms with E-state index in [2.05, 4.69) is 5.32 Å². The smallest absolute Gasteiger partial charge is 0.265 e. The summed E-state index contributed by atoms with van der Waals surface area (Å²) in [5.41, 5.74) is 3.40. The van der Waals surface area contributed by atoms with Gasteiger partial charge in [0.05, 0.1) is 11.6 Å². The van der Waals surface area contributed by atoms with Crippen LogP contribution in [0.25, 0.3) is 11.1 Å². The first kappa shape index (κ1) is 17.2. The highest BCUT2D eigenvalue weighted by Gasteiger charge is 2.15. The number of nitriles is 1. The van der Waals surface area contributed by atoms with E-state index in [4.69, 9.17) is 10.00 Å². The van der Waals surface area contributed by atoms with Gasteiger partial charge in [0.1, 0.15) is 5.75 Å². The zero-order chi connectivity index (χ0) is 18.4. The molecule has 1 unspecified atom stereocenters. The average molecular weight is 342 g/mol. The molecule has 4 nitrogen and oxygen atoms in total. The summed E-state index contributed by atoms with van der Waals surface area (Å²) < 4.78 is 5.72. The highest BCUT2D eigenvalue weighted by atomic mass is 16.5. The zero-order valence-electron chi connectivity index (χ0n) is 14.3. The van der Waals surface area contributed by atoms with E-state index in [1.165, 1.54) is 0 Å². The minimum absolute atomic E-state index is 0.248. The molecule has 0 radical (unpaired) electrons. The van der Waals surface area contributed by atoms with Crippen molar-refractivity contribution in [3.8, 4) is 22.9 Å². The highest BCUT2D eigenvalue weighted by molar-refractivity contribution is 5.94. The van der Waals surface area contributed by atoms with Crippen LogP contribution in [0.4, 0.5) is 5.69 Å². The van der Waals surface area contributed by atoms with E-state index in [0.717, 1.165) is 11.1 Å². The second kappa shape index (κ2) is 8.00. The molecule has 0 fully saturated rings. The second-order valence-corrected chi connectivity index (χ2v) is 5.83. The van der Waals surface area contributed by atoms with Crippen LogP contribution in [-0.2, 0) is 4.79 Å². The largest absolute Gasteiger partial charge is 0.481 e. The quantitative estimate of drug-likeness (QED) is 0.735. The molecule has 1 N–H and O–H groups in total. The Balaban J connectivity index is 1.60. The third-order valence-corrected chi connectivity index (χ3v) is 3.93. The normalized spacial score (nSPS) is 11.2. The lowest BCUT2D eigenvalue weighted by atomic mass is 10.1. The molecule has 128 valence electrons. The summed E-state index contributed by atoms with van der Waals surface area (Å²) in [6.07, 6.45) is -0.645. The number of nitrogens with zero attached hydrogens (tertiary/aromatic N) is 1. The second-order valence-electron chi connectivity index (χ2n) is 5.83. The summed E-state index contributed by atoms with van der Waals surface area (Å²) in [5.74, 6) is 0.383. The van der Waals surface area contributed by atoms with E-state index in [1.54, 1.807) is 31.2 Å². The van der Waals surface area contributed by atoms with Crippen molar-refractivity contribution in [1.82, 2.24) is 0 Å². The molecule has 0 bridgehead atoms. The van der Waals surface area contributed by atoms with E-state index < -0.39 is 6.10 Å². The number of rotatable bonds is 5. The van der Waals surface area contributed by atoms with E-state index >= 15 is 0 Å². The van der Waals surface area contributed by atoms with Crippen LogP contribution in [0.3, 0.4) is 0 Å². The Kier molecular flexibility index (Phi) is 5.31. The Morgan fingerprint density at radius 1 is 0.923 bits per heavy atom. The predicted molar refractivity (Wildman–Crippen MR) is 102 cm³/mol. The fraction of sp³-hybridized carbons (Fsp3) is 0.0909. The molecule has 3 aromatic rings. The Morgan fingerprint density at radius 2 is 1.54 bits per heavy atom. The fourth-order valence-electron chi connectivity index (χ4n) is 2.49. The molecule has 3 aromatic carbocycles. The van der Waals surface area contributed by atoms with Crippen LogP contribution in [0.2, 0.25) is 0 Å². The number of hydrogen-bond donors (Lipinski definition) is 1. The number of ether oxygens (including phenoxy) is 1. The van der Waals surface area contributed by atoms with Crippen molar-refractivity contribution < 1.29 is 9.53 Å². The molecule has 0 aliphatic heterocycles. The molecule has 4 heteroatoms. The van der Waals surface area contributed by atoms with Crippen molar-refractivity contribution in [2.45, 2.75) is 13.0 Å². The van der Waals surface area contributed by atoms with Crippen LogP contribution < -0.4 is 10.1 Å². The van der Waals surface area contributed by atoms with Gasteiger partial charge in [0.2, 0.25) is 0 Å². The minimum Gasteiger partial charge on any atom is -0.481 e. The number of amides is 1. The maximum atomic E-state index is 12.3. The van der Waals surface area contributed by atoms with Crippen LogP contribution >= 0.6 is 0 Å². The molecular weight excluding hydrogens is 324 g/mol. The van der Waals surface area contributed by atoms with E-state index in [9.17, 15) is 4.79 Å². The van der Waals surface area contributed by atoms with Crippen molar-refractivity contribution in [1.29, 1.82) is 5.26 Å². The van der Waals surface area contributed by atoms with Crippen molar-refractivity contribution in [2.24, 2.45) is 0 Å². The summed E-state index contributed by atoms with van der Waals surface area (Å²) in [4.78, 5) is 12.3. The number of carbonyl (C=O) groups is 1. The first-order valence-electron chi connectivity index (χ1n) is 8.29. The maximum absolute atomic E-state index is 12.3. The van der Waals surface area contributed by atoms with Crippen LogP contribution in [0.1, 0.15) is 12.5 Å². The standard InChI is InChI=1S/C22H18N2O2/c1-16(22(25)24-20-11-7-17(15-23)8-12-20)26-21-13-9-19(10-14-21)18-5-3-2-4-6-18/h2-14,16H,1H3,(H,24,25). The molecule has 0 aliphatic rings. The summed E-state index contributed by atoms with van der Waals surface area (Å²) in [6.45, 7) is 1.70. The first-order chi connectivity index (χ1) is 12.7. The van der Waals surface area contributed by atoms with Gasteiger partial charge < -0.3 is 10.1 Å². The zero-order valence-corrected chi connectivity index (χ0v) is 14.3.